The van der Waals surface area contributed by atoms with Gasteiger partial charge in [-0.1, -0.05) is 12.8 Å². The second-order valence-corrected chi connectivity index (χ2v) is 5.26. The Labute approximate surface area is 119 Å². The van der Waals surface area contributed by atoms with Crippen molar-refractivity contribution in [3.8, 4) is 5.75 Å². The molecule has 0 saturated heterocycles. The van der Waals surface area contributed by atoms with Gasteiger partial charge in [0.05, 0.1) is 9.40 Å². The summed E-state index contributed by atoms with van der Waals surface area (Å²) < 4.78 is 0.313. The van der Waals surface area contributed by atoms with Crippen LogP contribution in [0, 0.1) is 16.0 Å². The van der Waals surface area contributed by atoms with E-state index >= 15 is 0 Å². The van der Waals surface area contributed by atoms with Gasteiger partial charge in [0.1, 0.15) is 5.75 Å². The molecule has 7 heteroatoms. The van der Waals surface area contributed by atoms with E-state index in [1.165, 1.54) is 12.1 Å². The molecule has 100 valence electrons. The number of nitro groups is 1. The smallest absolute Gasteiger partial charge is 0.271 e. The van der Waals surface area contributed by atoms with Crippen molar-refractivity contribution in [1.29, 1.82) is 0 Å². The third-order valence-corrected chi connectivity index (χ3v) is 3.58. The van der Waals surface area contributed by atoms with Crippen LogP contribution < -0.4 is 5.73 Å². The number of hydrogen-bond acceptors (Lipinski definition) is 4. The second kappa shape index (κ2) is 5.86. The van der Waals surface area contributed by atoms with Crippen molar-refractivity contribution in [2.24, 2.45) is 11.7 Å². The minimum absolute atomic E-state index is 0. The predicted molar refractivity (Wildman–Crippen MR) is 74.0 cm³/mol. The van der Waals surface area contributed by atoms with Crippen molar-refractivity contribution in [3.05, 3.63) is 32.3 Å². The summed E-state index contributed by atoms with van der Waals surface area (Å²) in [5.41, 5.74) is 6.35. The Hall–Kier alpha value is -0.850. The van der Waals surface area contributed by atoms with Crippen molar-refractivity contribution in [1.82, 2.24) is 0 Å². The zero-order valence-electron chi connectivity index (χ0n) is 9.51. The van der Waals surface area contributed by atoms with Crippen LogP contribution in [0.4, 0.5) is 5.69 Å². The van der Waals surface area contributed by atoms with E-state index in [0.29, 0.717) is 16.0 Å². The van der Waals surface area contributed by atoms with Crippen molar-refractivity contribution < 1.29 is 10.0 Å². The quantitative estimate of drug-likeness (QED) is 0.651. The van der Waals surface area contributed by atoms with Gasteiger partial charge in [0, 0.05) is 23.7 Å². The Morgan fingerprint density at radius 2 is 2.17 bits per heavy atom. The fourth-order valence-electron chi connectivity index (χ4n) is 1.83. The third-order valence-electron chi connectivity index (χ3n) is 2.97. The molecule has 0 amide bonds. The summed E-state index contributed by atoms with van der Waals surface area (Å²) in [6.45, 7) is 0. The lowest BCUT2D eigenvalue weighted by molar-refractivity contribution is -0.385. The van der Waals surface area contributed by atoms with Gasteiger partial charge in [0.15, 0.2) is 0 Å². The number of phenols is 1. The Morgan fingerprint density at radius 3 is 2.67 bits per heavy atom. The molecular weight excluding hydrogens is 323 g/mol. The average molecular weight is 338 g/mol. The number of nitrogens with two attached hydrogens (primary N) is 1. The van der Waals surface area contributed by atoms with Gasteiger partial charge in [-0.05, 0) is 28.3 Å². The first-order valence-electron chi connectivity index (χ1n) is 5.41. The molecule has 1 atom stereocenters. The third kappa shape index (κ3) is 3.34. The molecule has 0 spiro atoms. The van der Waals surface area contributed by atoms with Gasteiger partial charge in [-0.3, -0.25) is 10.1 Å². The standard InChI is InChI=1S/C11H13BrN2O3.ClH/c12-9-5-7(14(16)17)4-8(11(9)15)10(13)3-6-1-2-6;/h4-6,10,15H,1-3,13H2;1H/t10-;/m1./s1. The first-order valence-corrected chi connectivity index (χ1v) is 6.20. The molecule has 18 heavy (non-hydrogen) atoms. The summed E-state index contributed by atoms with van der Waals surface area (Å²) in [5.74, 6) is 0.603. The van der Waals surface area contributed by atoms with Gasteiger partial charge in [0.25, 0.3) is 5.69 Å². The molecule has 3 N–H and O–H groups in total. The maximum atomic E-state index is 10.7. The van der Waals surface area contributed by atoms with Crippen molar-refractivity contribution in [2.45, 2.75) is 25.3 Å². The van der Waals surface area contributed by atoms with Crippen LogP contribution in [0.2, 0.25) is 0 Å². The first-order chi connectivity index (χ1) is 7.99. The fourth-order valence-corrected chi connectivity index (χ4v) is 2.30. The zero-order valence-corrected chi connectivity index (χ0v) is 11.9. The highest BCUT2D eigenvalue weighted by molar-refractivity contribution is 9.10. The molecule has 0 aromatic heterocycles. The molecule has 1 aromatic carbocycles. The average Bonchev–Trinajstić information content (AvgIpc) is 3.05. The molecule has 0 radical (unpaired) electrons. The van der Waals surface area contributed by atoms with E-state index in [4.69, 9.17) is 5.73 Å². The normalized spacial score (nSPS) is 15.9. The summed E-state index contributed by atoms with van der Waals surface area (Å²) in [5, 5.41) is 20.6. The Morgan fingerprint density at radius 1 is 1.56 bits per heavy atom. The molecule has 5 nitrogen and oxygen atoms in total. The lowest BCUT2D eigenvalue weighted by Gasteiger charge is -2.14. The van der Waals surface area contributed by atoms with E-state index in [1.54, 1.807) is 0 Å². The van der Waals surface area contributed by atoms with Gasteiger partial charge in [0.2, 0.25) is 0 Å². The highest BCUT2D eigenvalue weighted by atomic mass is 79.9. The van der Waals surface area contributed by atoms with Gasteiger partial charge in [-0.25, -0.2) is 0 Å². The van der Waals surface area contributed by atoms with Gasteiger partial charge in [-0.2, -0.15) is 0 Å². The van der Waals surface area contributed by atoms with E-state index in [-0.39, 0.29) is 29.9 Å². The van der Waals surface area contributed by atoms with Gasteiger partial charge < -0.3 is 10.8 Å². The fraction of sp³-hybridized carbons (Fsp3) is 0.455. The molecular formula is C11H14BrClN2O3. The van der Waals surface area contributed by atoms with Crippen molar-refractivity contribution in [3.63, 3.8) is 0 Å². The maximum Gasteiger partial charge on any atom is 0.271 e. The van der Waals surface area contributed by atoms with Crippen LogP contribution in [0.25, 0.3) is 0 Å². The maximum absolute atomic E-state index is 10.7. The number of nitrogens with zero attached hydrogens (tertiary/aromatic N) is 1. The highest BCUT2D eigenvalue weighted by Crippen LogP contribution is 2.41. The van der Waals surface area contributed by atoms with Crippen LogP contribution in [0.1, 0.15) is 30.9 Å². The molecule has 1 saturated carbocycles. The number of rotatable bonds is 4. The van der Waals surface area contributed by atoms with Crippen LogP contribution in [0.3, 0.4) is 0 Å². The van der Waals surface area contributed by atoms with E-state index in [1.807, 2.05) is 0 Å². The number of non-ortho nitro benzene ring substituents is 1. The highest BCUT2D eigenvalue weighted by Gasteiger charge is 2.27. The molecule has 0 heterocycles. The van der Waals surface area contributed by atoms with Crippen LogP contribution >= 0.6 is 28.3 Å². The minimum Gasteiger partial charge on any atom is -0.506 e. The van der Waals surface area contributed by atoms with Crippen LogP contribution in [-0.2, 0) is 0 Å². The van der Waals surface area contributed by atoms with Crippen molar-refractivity contribution >= 4 is 34.0 Å². The predicted octanol–water partition coefficient (Wildman–Crippen LogP) is 3.28. The number of benzene rings is 1. The number of nitro benzene ring substituents is 1. The Kier molecular flexibility index (Phi) is 4.95. The number of halogens is 2. The summed E-state index contributed by atoms with van der Waals surface area (Å²) in [7, 11) is 0. The first kappa shape index (κ1) is 15.2. The lowest BCUT2D eigenvalue weighted by Crippen LogP contribution is -2.11. The molecule has 0 unspecified atom stereocenters. The topological polar surface area (TPSA) is 89.4 Å². The second-order valence-electron chi connectivity index (χ2n) is 4.41. The zero-order chi connectivity index (χ0) is 12.6. The monoisotopic (exact) mass is 336 g/mol. The molecule has 0 aliphatic heterocycles. The number of aromatic hydroxyl groups is 1. The molecule has 1 aliphatic carbocycles. The summed E-state index contributed by atoms with van der Waals surface area (Å²) >= 11 is 3.11. The van der Waals surface area contributed by atoms with Gasteiger partial charge in [-0.15, -0.1) is 12.4 Å². The molecule has 0 bridgehead atoms. The Balaban J connectivity index is 0.00000162. The van der Waals surface area contributed by atoms with E-state index in [2.05, 4.69) is 15.9 Å². The van der Waals surface area contributed by atoms with Crippen molar-refractivity contribution in [2.75, 3.05) is 0 Å². The van der Waals surface area contributed by atoms with E-state index < -0.39 is 4.92 Å². The van der Waals surface area contributed by atoms with E-state index in [9.17, 15) is 15.2 Å². The largest absolute Gasteiger partial charge is 0.506 e. The van der Waals surface area contributed by atoms with E-state index in [0.717, 1.165) is 19.3 Å². The number of hydrogen-bond donors (Lipinski definition) is 2. The molecule has 1 fully saturated rings. The SMILES string of the molecule is Cl.N[C@H](CC1CC1)c1cc([N+](=O)[O-])cc(Br)c1O. The summed E-state index contributed by atoms with van der Waals surface area (Å²) in [6.07, 6.45) is 3.08. The van der Waals surface area contributed by atoms with Crippen LogP contribution in [-0.4, -0.2) is 10.0 Å². The van der Waals surface area contributed by atoms with Gasteiger partial charge >= 0.3 is 0 Å². The Bertz CT molecular complexity index is 466. The minimum atomic E-state index is -0.489. The molecule has 1 aliphatic rings. The molecule has 1 aromatic rings. The summed E-state index contributed by atoms with van der Waals surface area (Å²) in [4.78, 5) is 10.2. The summed E-state index contributed by atoms with van der Waals surface area (Å²) in [6, 6.07) is 2.29. The van der Waals surface area contributed by atoms with Crippen LogP contribution in [0.5, 0.6) is 5.75 Å². The number of phenolic OH excluding ortho intramolecular Hbond substituents is 1. The van der Waals surface area contributed by atoms with Crippen LogP contribution in [0.15, 0.2) is 16.6 Å². The molecule has 2 rings (SSSR count). The lowest BCUT2D eigenvalue weighted by atomic mass is 10.0.